The summed E-state index contributed by atoms with van der Waals surface area (Å²) in [4.78, 5) is 27.6. The molecule has 3 heterocycles. The summed E-state index contributed by atoms with van der Waals surface area (Å²) >= 11 is 0. The van der Waals surface area contributed by atoms with Gasteiger partial charge in [0.05, 0.1) is 12.1 Å². The van der Waals surface area contributed by atoms with Gasteiger partial charge in [0.15, 0.2) is 0 Å². The molecule has 0 spiro atoms. The van der Waals surface area contributed by atoms with Crippen molar-refractivity contribution in [3.63, 3.8) is 0 Å². The molecule has 0 radical (unpaired) electrons. The molecule has 0 bridgehead atoms. The van der Waals surface area contributed by atoms with E-state index >= 15 is 0 Å². The maximum absolute atomic E-state index is 12.0. The summed E-state index contributed by atoms with van der Waals surface area (Å²) in [5.74, 6) is 0.698. The number of carbonyl (C=O) groups is 1. The first kappa shape index (κ1) is 25.8. The zero-order valence-corrected chi connectivity index (χ0v) is 20.9. The Morgan fingerprint density at radius 3 is 2.92 bits per heavy atom. The number of aryl methyl sites for hydroxylation is 2. The largest absolute Gasteiger partial charge is 0.480 e. The number of aromatic nitrogens is 3. The highest BCUT2D eigenvalue weighted by molar-refractivity contribution is 5.90. The second kappa shape index (κ2) is 13.1. The van der Waals surface area contributed by atoms with E-state index in [2.05, 4.69) is 37.6 Å². The quantitative estimate of drug-likeness (QED) is 0.291. The molecule has 3 aromatic rings. The minimum Gasteiger partial charge on any atom is -0.480 e. The molecule has 1 aliphatic heterocycles. The van der Waals surface area contributed by atoms with E-state index in [4.69, 9.17) is 9.72 Å². The molecule has 192 valence electrons. The topological polar surface area (TPSA) is 113 Å². The Balaban J connectivity index is 1.29. The number of carboxylic acids is 1. The van der Waals surface area contributed by atoms with Gasteiger partial charge in [0, 0.05) is 37.8 Å². The van der Waals surface area contributed by atoms with E-state index < -0.39 is 12.0 Å². The fraction of sp³-hybridized carbons (Fsp3) is 0.481. The van der Waals surface area contributed by atoms with Crippen LogP contribution in [0.1, 0.15) is 36.9 Å². The predicted octanol–water partition coefficient (Wildman–Crippen LogP) is 3.61. The summed E-state index contributed by atoms with van der Waals surface area (Å²) in [5, 5.41) is 17.2. The number of ether oxygens (including phenoxy) is 1. The predicted molar refractivity (Wildman–Crippen MR) is 142 cm³/mol. The molecule has 1 aliphatic rings. The monoisotopic (exact) mass is 492 g/mol. The van der Waals surface area contributed by atoms with E-state index in [1.807, 2.05) is 24.3 Å². The second-order valence-corrected chi connectivity index (χ2v) is 9.20. The summed E-state index contributed by atoms with van der Waals surface area (Å²) in [5.41, 5.74) is 3.22. The van der Waals surface area contributed by atoms with Crippen molar-refractivity contribution >= 4 is 28.5 Å². The van der Waals surface area contributed by atoms with Gasteiger partial charge in [-0.1, -0.05) is 18.2 Å². The van der Waals surface area contributed by atoms with Crippen LogP contribution in [0, 0.1) is 0 Å². The number of rotatable bonds is 14. The number of nitrogens with one attached hydrogen (secondary N) is 2. The summed E-state index contributed by atoms with van der Waals surface area (Å²) in [7, 11) is 1.69. The number of para-hydroxylation sites is 1. The third kappa shape index (κ3) is 7.11. The van der Waals surface area contributed by atoms with E-state index in [0.717, 1.165) is 67.7 Å². The lowest BCUT2D eigenvalue weighted by atomic mass is 10.1. The third-order valence-corrected chi connectivity index (χ3v) is 6.61. The minimum atomic E-state index is -0.892. The van der Waals surface area contributed by atoms with Crippen molar-refractivity contribution in [2.75, 3.05) is 50.5 Å². The lowest BCUT2D eigenvalue weighted by molar-refractivity contribution is -0.138. The Kier molecular flexibility index (Phi) is 9.40. The molecule has 1 aromatic carbocycles. The lowest BCUT2D eigenvalue weighted by Crippen LogP contribution is -2.37. The highest BCUT2D eigenvalue weighted by Crippen LogP contribution is 2.21. The van der Waals surface area contributed by atoms with E-state index in [-0.39, 0.29) is 0 Å². The maximum atomic E-state index is 12.0. The number of fused-ring (bicyclic) bond motifs is 2. The minimum absolute atomic E-state index is 0.454. The van der Waals surface area contributed by atoms with Crippen molar-refractivity contribution in [1.29, 1.82) is 0 Å². The maximum Gasteiger partial charge on any atom is 0.326 e. The molecule has 0 unspecified atom stereocenters. The Morgan fingerprint density at radius 2 is 2.06 bits per heavy atom. The van der Waals surface area contributed by atoms with Crippen molar-refractivity contribution in [1.82, 2.24) is 19.9 Å². The summed E-state index contributed by atoms with van der Waals surface area (Å²) in [6, 6.07) is 11.2. The average molecular weight is 493 g/mol. The van der Waals surface area contributed by atoms with Crippen LogP contribution >= 0.6 is 0 Å². The number of anilines is 2. The number of pyridine rings is 1. The van der Waals surface area contributed by atoms with Gasteiger partial charge in [-0.3, -0.25) is 0 Å². The van der Waals surface area contributed by atoms with Gasteiger partial charge in [0.2, 0.25) is 0 Å². The standard InChI is InChI=1S/C27H36N6O3/c1-36-18-17-33(15-5-4-8-21-12-11-20-7-6-14-28-25(20)31-21)16-13-24(27(34)35)32-26-22-9-2-3-10-23(22)29-19-30-26/h2-3,9-12,19,24H,4-8,13-18H2,1H3,(H,28,31)(H,34,35)(H,29,30,32)/t24-/m1/s1. The number of nitrogens with zero attached hydrogens (tertiary/aromatic N) is 4. The molecule has 9 heteroatoms. The lowest BCUT2D eigenvalue weighted by Gasteiger charge is -2.24. The number of methoxy groups -OCH3 is 1. The zero-order chi connectivity index (χ0) is 25.2. The highest BCUT2D eigenvalue weighted by atomic mass is 16.5. The molecule has 1 atom stereocenters. The Bertz CT molecular complexity index is 1140. The van der Waals surface area contributed by atoms with Crippen LogP contribution in [0.2, 0.25) is 0 Å². The molecule has 0 fully saturated rings. The van der Waals surface area contributed by atoms with Gasteiger partial charge in [-0.2, -0.15) is 0 Å². The van der Waals surface area contributed by atoms with Crippen LogP contribution in [-0.4, -0.2) is 76.9 Å². The van der Waals surface area contributed by atoms with Crippen molar-refractivity contribution in [3.8, 4) is 0 Å². The summed E-state index contributed by atoms with van der Waals surface area (Å²) < 4.78 is 5.29. The SMILES string of the molecule is COCCN(CCCCc1ccc2c(n1)NCCC2)CC[C@@H](Nc1ncnc2ccccc12)C(=O)O. The first-order valence-corrected chi connectivity index (χ1v) is 12.8. The van der Waals surface area contributed by atoms with Crippen LogP contribution in [0.3, 0.4) is 0 Å². The highest BCUT2D eigenvalue weighted by Gasteiger charge is 2.20. The number of aliphatic carboxylic acids is 1. The van der Waals surface area contributed by atoms with E-state index in [0.29, 0.717) is 25.4 Å². The molecule has 0 saturated carbocycles. The number of unbranched alkanes of at least 4 members (excludes halogenated alkanes) is 1. The molecule has 0 saturated heterocycles. The van der Waals surface area contributed by atoms with Crippen LogP contribution in [0.4, 0.5) is 11.6 Å². The first-order chi connectivity index (χ1) is 17.6. The van der Waals surface area contributed by atoms with Crippen molar-refractivity contribution in [3.05, 3.63) is 54.0 Å². The van der Waals surface area contributed by atoms with Crippen LogP contribution in [0.25, 0.3) is 10.9 Å². The number of benzene rings is 1. The molecule has 2 aromatic heterocycles. The number of hydrogen-bond donors (Lipinski definition) is 3. The van der Waals surface area contributed by atoms with Crippen molar-refractivity contribution < 1.29 is 14.6 Å². The third-order valence-electron chi connectivity index (χ3n) is 6.61. The Labute approximate surface area is 212 Å². The van der Waals surface area contributed by atoms with Crippen molar-refractivity contribution in [2.24, 2.45) is 0 Å². The fourth-order valence-corrected chi connectivity index (χ4v) is 4.56. The number of carboxylic acid groups (broad SMARTS) is 1. The summed E-state index contributed by atoms with van der Waals surface area (Å²) in [6.07, 6.45) is 7.16. The van der Waals surface area contributed by atoms with E-state index in [1.165, 1.54) is 18.3 Å². The smallest absolute Gasteiger partial charge is 0.326 e. The molecule has 3 N–H and O–H groups in total. The van der Waals surface area contributed by atoms with Gasteiger partial charge in [-0.25, -0.2) is 19.7 Å². The second-order valence-electron chi connectivity index (χ2n) is 9.20. The van der Waals surface area contributed by atoms with Gasteiger partial charge in [-0.15, -0.1) is 0 Å². The van der Waals surface area contributed by atoms with Crippen LogP contribution in [-0.2, 0) is 22.4 Å². The van der Waals surface area contributed by atoms with Gasteiger partial charge < -0.3 is 25.4 Å². The van der Waals surface area contributed by atoms with Gasteiger partial charge in [-0.05, 0) is 68.8 Å². The molecule has 36 heavy (non-hydrogen) atoms. The van der Waals surface area contributed by atoms with E-state index in [9.17, 15) is 9.90 Å². The molecule has 4 rings (SSSR count). The normalized spacial score (nSPS) is 13.8. The number of hydrogen-bond acceptors (Lipinski definition) is 8. The molecule has 0 amide bonds. The fourth-order valence-electron chi connectivity index (χ4n) is 4.56. The van der Waals surface area contributed by atoms with E-state index in [1.54, 1.807) is 7.11 Å². The zero-order valence-electron chi connectivity index (χ0n) is 20.9. The summed E-state index contributed by atoms with van der Waals surface area (Å²) in [6.45, 7) is 3.91. The van der Waals surface area contributed by atoms with Crippen molar-refractivity contribution in [2.45, 2.75) is 44.6 Å². The molecular weight excluding hydrogens is 456 g/mol. The average Bonchev–Trinajstić information content (AvgIpc) is 2.91. The Morgan fingerprint density at radius 1 is 1.17 bits per heavy atom. The molecule has 9 nitrogen and oxygen atoms in total. The molecular formula is C27H36N6O3. The van der Waals surface area contributed by atoms with Crippen LogP contribution < -0.4 is 10.6 Å². The molecule has 0 aliphatic carbocycles. The van der Waals surface area contributed by atoms with Crippen LogP contribution in [0.5, 0.6) is 0 Å². The Hall–Kier alpha value is -3.30. The van der Waals surface area contributed by atoms with Gasteiger partial charge >= 0.3 is 5.97 Å². The first-order valence-electron chi connectivity index (χ1n) is 12.8. The van der Waals surface area contributed by atoms with Gasteiger partial charge in [0.1, 0.15) is 24.0 Å². The van der Waals surface area contributed by atoms with Gasteiger partial charge in [0.25, 0.3) is 0 Å². The van der Waals surface area contributed by atoms with Crippen LogP contribution in [0.15, 0.2) is 42.7 Å².